The van der Waals surface area contributed by atoms with Crippen LogP contribution in [0.3, 0.4) is 0 Å². The molecule has 4 heteroatoms. The van der Waals surface area contributed by atoms with Gasteiger partial charge < -0.3 is 15.0 Å². The molecule has 0 bridgehead atoms. The van der Waals surface area contributed by atoms with Crippen LogP contribution in [-0.4, -0.2) is 42.3 Å². The van der Waals surface area contributed by atoms with E-state index < -0.39 is 5.60 Å². The maximum absolute atomic E-state index is 11.5. The Morgan fingerprint density at radius 2 is 1.81 bits per heavy atom. The molecule has 0 aromatic rings. The maximum Gasteiger partial charge on any atom is 0.407 e. The lowest BCUT2D eigenvalue weighted by Crippen LogP contribution is -2.43. The highest BCUT2D eigenvalue weighted by molar-refractivity contribution is 5.68. The van der Waals surface area contributed by atoms with Crippen LogP contribution < -0.4 is 5.32 Å². The van der Waals surface area contributed by atoms with Crippen LogP contribution in [0.25, 0.3) is 0 Å². The van der Waals surface area contributed by atoms with Crippen molar-refractivity contribution in [3.05, 3.63) is 0 Å². The summed E-state index contributed by atoms with van der Waals surface area (Å²) in [6.07, 6.45) is -0.341. The van der Waals surface area contributed by atoms with E-state index >= 15 is 0 Å². The monoisotopic (exact) mass is 230 g/mol. The molecule has 96 valence electrons. The highest BCUT2D eigenvalue weighted by Gasteiger charge is 2.18. The SMILES string of the molecule is CCN(CC)C[C@@H](C)NC(=O)OC(C)(C)C. The fraction of sp³-hybridized carbons (Fsp3) is 0.917. The van der Waals surface area contributed by atoms with Crippen LogP contribution >= 0.6 is 0 Å². The summed E-state index contributed by atoms with van der Waals surface area (Å²) >= 11 is 0. The van der Waals surface area contributed by atoms with Gasteiger partial charge in [0, 0.05) is 12.6 Å². The molecule has 0 aromatic heterocycles. The highest BCUT2D eigenvalue weighted by Crippen LogP contribution is 2.06. The molecule has 1 N–H and O–H groups in total. The second-order valence-electron chi connectivity index (χ2n) is 5.03. The molecule has 0 saturated carbocycles. The Hall–Kier alpha value is -0.770. The average molecular weight is 230 g/mol. The predicted octanol–water partition coefficient (Wildman–Crippen LogP) is 2.24. The van der Waals surface area contributed by atoms with Crippen LogP contribution in [0, 0.1) is 0 Å². The highest BCUT2D eigenvalue weighted by atomic mass is 16.6. The van der Waals surface area contributed by atoms with Crippen molar-refractivity contribution in [2.24, 2.45) is 0 Å². The molecular formula is C12H26N2O2. The van der Waals surface area contributed by atoms with E-state index in [9.17, 15) is 4.79 Å². The van der Waals surface area contributed by atoms with Gasteiger partial charge in [-0.2, -0.15) is 0 Å². The zero-order valence-corrected chi connectivity index (χ0v) is 11.5. The molecule has 0 spiro atoms. The summed E-state index contributed by atoms with van der Waals surface area (Å²) in [6.45, 7) is 14.7. The first kappa shape index (κ1) is 15.2. The van der Waals surface area contributed by atoms with E-state index in [1.807, 2.05) is 27.7 Å². The van der Waals surface area contributed by atoms with Crippen molar-refractivity contribution < 1.29 is 9.53 Å². The quantitative estimate of drug-likeness (QED) is 0.787. The lowest BCUT2D eigenvalue weighted by molar-refractivity contribution is 0.0498. The van der Waals surface area contributed by atoms with Crippen LogP contribution in [0.2, 0.25) is 0 Å². The molecule has 0 aliphatic carbocycles. The Kier molecular flexibility index (Phi) is 6.41. The minimum absolute atomic E-state index is 0.106. The topological polar surface area (TPSA) is 41.6 Å². The minimum atomic E-state index is -0.432. The third kappa shape index (κ3) is 7.51. The van der Waals surface area contributed by atoms with Gasteiger partial charge in [-0.25, -0.2) is 4.79 Å². The van der Waals surface area contributed by atoms with Gasteiger partial charge in [-0.05, 0) is 40.8 Å². The molecule has 0 saturated heterocycles. The standard InChI is InChI=1S/C12H26N2O2/c1-7-14(8-2)9-10(3)13-11(15)16-12(4,5)6/h10H,7-9H2,1-6H3,(H,13,15)/t10-/m1/s1. The Morgan fingerprint density at radius 1 is 1.31 bits per heavy atom. The molecular weight excluding hydrogens is 204 g/mol. The molecule has 1 amide bonds. The molecule has 0 aliphatic heterocycles. The zero-order valence-electron chi connectivity index (χ0n) is 11.5. The first-order valence-electron chi connectivity index (χ1n) is 6.00. The molecule has 0 rings (SSSR count). The van der Waals surface area contributed by atoms with E-state index in [1.54, 1.807) is 0 Å². The molecule has 4 nitrogen and oxygen atoms in total. The Balaban J connectivity index is 3.95. The summed E-state index contributed by atoms with van der Waals surface area (Å²) in [4.78, 5) is 13.7. The fourth-order valence-electron chi connectivity index (χ4n) is 1.42. The molecule has 0 radical (unpaired) electrons. The van der Waals surface area contributed by atoms with Crippen molar-refractivity contribution in [2.75, 3.05) is 19.6 Å². The smallest absolute Gasteiger partial charge is 0.407 e. The van der Waals surface area contributed by atoms with Gasteiger partial charge in [0.05, 0.1) is 0 Å². The molecule has 0 aromatic carbocycles. The van der Waals surface area contributed by atoms with Crippen LogP contribution in [-0.2, 0) is 4.74 Å². The number of alkyl carbamates (subject to hydrolysis) is 1. The van der Waals surface area contributed by atoms with Crippen molar-refractivity contribution in [1.82, 2.24) is 10.2 Å². The van der Waals surface area contributed by atoms with Crippen molar-refractivity contribution in [1.29, 1.82) is 0 Å². The Labute approximate surface area is 99.3 Å². The van der Waals surface area contributed by atoms with Crippen LogP contribution in [0.15, 0.2) is 0 Å². The molecule has 0 unspecified atom stereocenters. The zero-order chi connectivity index (χ0) is 12.8. The number of nitrogens with one attached hydrogen (secondary N) is 1. The second kappa shape index (κ2) is 6.74. The van der Waals surface area contributed by atoms with E-state index in [1.165, 1.54) is 0 Å². The number of amides is 1. The predicted molar refractivity (Wildman–Crippen MR) is 66.6 cm³/mol. The van der Waals surface area contributed by atoms with E-state index in [2.05, 4.69) is 24.1 Å². The summed E-state index contributed by atoms with van der Waals surface area (Å²) in [5.41, 5.74) is -0.432. The summed E-state index contributed by atoms with van der Waals surface area (Å²) < 4.78 is 5.19. The molecule has 0 aliphatic rings. The number of likely N-dealkylation sites (N-methyl/N-ethyl adjacent to an activating group) is 1. The number of carbonyl (C=O) groups excluding carboxylic acids is 1. The molecule has 0 fully saturated rings. The Bertz CT molecular complexity index is 208. The van der Waals surface area contributed by atoms with Crippen molar-refractivity contribution >= 4 is 6.09 Å². The van der Waals surface area contributed by atoms with Crippen molar-refractivity contribution in [3.63, 3.8) is 0 Å². The molecule has 1 atom stereocenters. The van der Waals surface area contributed by atoms with Crippen molar-refractivity contribution in [3.8, 4) is 0 Å². The minimum Gasteiger partial charge on any atom is -0.444 e. The average Bonchev–Trinajstić information content (AvgIpc) is 2.10. The second-order valence-corrected chi connectivity index (χ2v) is 5.03. The largest absolute Gasteiger partial charge is 0.444 e. The third-order valence-electron chi connectivity index (χ3n) is 2.19. The van der Waals surface area contributed by atoms with Crippen LogP contribution in [0.4, 0.5) is 4.79 Å². The van der Waals surface area contributed by atoms with Gasteiger partial charge in [0.15, 0.2) is 0 Å². The summed E-state index contributed by atoms with van der Waals surface area (Å²) in [5.74, 6) is 0. The Morgan fingerprint density at radius 3 is 2.19 bits per heavy atom. The van der Waals surface area contributed by atoms with Crippen molar-refractivity contribution in [2.45, 2.75) is 53.2 Å². The van der Waals surface area contributed by atoms with E-state index in [-0.39, 0.29) is 12.1 Å². The normalized spacial score (nSPS) is 13.7. The van der Waals surface area contributed by atoms with Gasteiger partial charge in [0.2, 0.25) is 0 Å². The first-order chi connectivity index (χ1) is 7.28. The van der Waals surface area contributed by atoms with Gasteiger partial charge in [0.25, 0.3) is 0 Å². The number of carbonyl (C=O) groups is 1. The summed E-state index contributed by atoms with van der Waals surface area (Å²) in [6, 6.07) is 0.106. The number of hydrogen-bond acceptors (Lipinski definition) is 3. The van der Waals surface area contributed by atoms with Crippen LogP contribution in [0.5, 0.6) is 0 Å². The van der Waals surface area contributed by atoms with E-state index in [0.717, 1.165) is 19.6 Å². The number of ether oxygens (including phenoxy) is 1. The lowest BCUT2D eigenvalue weighted by atomic mass is 10.2. The van der Waals surface area contributed by atoms with Gasteiger partial charge in [-0.1, -0.05) is 13.8 Å². The van der Waals surface area contributed by atoms with Gasteiger partial charge in [0.1, 0.15) is 5.60 Å². The number of rotatable bonds is 5. The fourth-order valence-corrected chi connectivity index (χ4v) is 1.42. The van der Waals surface area contributed by atoms with E-state index in [4.69, 9.17) is 4.74 Å². The molecule has 0 heterocycles. The first-order valence-corrected chi connectivity index (χ1v) is 6.00. The van der Waals surface area contributed by atoms with Gasteiger partial charge in [-0.15, -0.1) is 0 Å². The third-order valence-corrected chi connectivity index (χ3v) is 2.19. The van der Waals surface area contributed by atoms with Gasteiger partial charge in [-0.3, -0.25) is 0 Å². The molecule has 16 heavy (non-hydrogen) atoms. The summed E-state index contributed by atoms with van der Waals surface area (Å²) in [7, 11) is 0. The van der Waals surface area contributed by atoms with Gasteiger partial charge >= 0.3 is 6.09 Å². The summed E-state index contributed by atoms with van der Waals surface area (Å²) in [5, 5.41) is 2.83. The number of nitrogens with zero attached hydrogens (tertiary/aromatic N) is 1. The van der Waals surface area contributed by atoms with E-state index in [0.29, 0.717) is 0 Å². The maximum atomic E-state index is 11.5. The van der Waals surface area contributed by atoms with Crippen LogP contribution in [0.1, 0.15) is 41.5 Å². The lowest BCUT2D eigenvalue weighted by Gasteiger charge is -2.25. The number of hydrogen-bond donors (Lipinski definition) is 1.